The van der Waals surface area contributed by atoms with Crippen LogP contribution < -0.4 is 14.5 Å². The van der Waals surface area contributed by atoms with Gasteiger partial charge in [-0.2, -0.15) is 9.97 Å². The first kappa shape index (κ1) is 31.1. The fraction of sp³-hybridized carbons (Fsp3) is 0.486. The molecular weight excluding hydrogens is 586 g/mol. The summed E-state index contributed by atoms with van der Waals surface area (Å²) in [6, 6.07) is 13.0. The number of piperazine rings is 1. The number of halogens is 1. The molecule has 2 aromatic carbocycles. The van der Waals surface area contributed by atoms with Gasteiger partial charge in [-0.25, -0.2) is 6.57 Å². The zero-order valence-electron chi connectivity index (χ0n) is 26.3. The van der Waals surface area contributed by atoms with Gasteiger partial charge < -0.3 is 29.2 Å². The molecule has 1 saturated heterocycles. The fourth-order valence-electron chi connectivity index (χ4n) is 6.94. The monoisotopic (exact) mass is 627 g/mol. The van der Waals surface area contributed by atoms with Crippen LogP contribution >= 0.6 is 11.6 Å². The predicted molar refractivity (Wildman–Crippen MR) is 180 cm³/mol. The van der Waals surface area contributed by atoms with Gasteiger partial charge in [0, 0.05) is 55.4 Å². The Morgan fingerprint density at radius 1 is 1.20 bits per heavy atom. The van der Waals surface area contributed by atoms with Crippen LogP contribution in [0.4, 0.5) is 11.5 Å². The summed E-state index contributed by atoms with van der Waals surface area (Å²) in [6.07, 6.45) is 6.04. The molecule has 1 saturated carbocycles. The molecule has 3 heterocycles. The van der Waals surface area contributed by atoms with Crippen molar-refractivity contribution in [2.75, 3.05) is 62.7 Å². The van der Waals surface area contributed by atoms with Gasteiger partial charge in [0.2, 0.25) is 12.5 Å². The minimum Gasteiger partial charge on any atom is -0.462 e. The molecule has 0 radical (unpaired) electrons. The molecule has 0 unspecified atom stereocenters. The lowest BCUT2D eigenvalue weighted by atomic mass is 9.80. The number of carbonyl (C=O) groups is 1. The van der Waals surface area contributed by atoms with Gasteiger partial charge in [-0.05, 0) is 62.7 Å². The fourth-order valence-corrected chi connectivity index (χ4v) is 7.22. The molecule has 2 atom stereocenters. The molecule has 9 nitrogen and oxygen atoms in total. The van der Waals surface area contributed by atoms with Crippen LogP contribution in [0.5, 0.6) is 6.01 Å². The van der Waals surface area contributed by atoms with E-state index in [0.717, 1.165) is 64.0 Å². The van der Waals surface area contributed by atoms with E-state index in [1.54, 1.807) is 4.90 Å². The van der Waals surface area contributed by atoms with Gasteiger partial charge >= 0.3 is 6.01 Å². The maximum absolute atomic E-state index is 12.6. The standard InChI is InChI=1S/C35H42ClN7O2/c1-5-32(44)43-18-17-42(22-27(43)21-37-3)34-28-15-16-41(31-14-8-12-26-11-7-13-29(36)33(26)31)23-30(28)38-35(39-34)45-20-19-40(4)24(2)25-9-6-10-25/h5,7-8,11-14,24-25,27H,1,6,9-10,15-23H2,2,4H3/t24-,27-/m0/s1. The first-order chi connectivity index (χ1) is 21.9. The van der Waals surface area contributed by atoms with Gasteiger partial charge in [-0.1, -0.05) is 48.9 Å². The summed E-state index contributed by atoms with van der Waals surface area (Å²) >= 11 is 6.72. The van der Waals surface area contributed by atoms with E-state index in [0.29, 0.717) is 44.8 Å². The number of aromatic nitrogens is 2. The average molecular weight is 628 g/mol. The third-order valence-corrected chi connectivity index (χ3v) is 10.3. The molecule has 3 aliphatic rings. The molecule has 1 aliphatic carbocycles. The van der Waals surface area contributed by atoms with E-state index in [1.807, 2.05) is 12.1 Å². The van der Waals surface area contributed by atoms with Crippen molar-refractivity contribution in [1.82, 2.24) is 19.8 Å². The van der Waals surface area contributed by atoms with Crippen molar-refractivity contribution in [3.05, 3.63) is 76.8 Å². The summed E-state index contributed by atoms with van der Waals surface area (Å²) in [5.41, 5.74) is 3.13. The van der Waals surface area contributed by atoms with Crippen LogP contribution in [0.3, 0.4) is 0 Å². The number of nitrogens with zero attached hydrogens (tertiary/aromatic N) is 7. The van der Waals surface area contributed by atoms with Crippen molar-refractivity contribution in [3.8, 4) is 6.01 Å². The number of rotatable bonds is 10. The Morgan fingerprint density at radius 2 is 2.00 bits per heavy atom. The second-order valence-corrected chi connectivity index (χ2v) is 12.9. The lowest BCUT2D eigenvalue weighted by Gasteiger charge is -2.41. The van der Waals surface area contributed by atoms with Gasteiger partial charge in [-0.3, -0.25) is 4.79 Å². The molecule has 0 spiro atoms. The van der Waals surface area contributed by atoms with Crippen molar-refractivity contribution >= 4 is 39.8 Å². The number of amides is 1. The van der Waals surface area contributed by atoms with Gasteiger partial charge in [0.1, 0.15) is 18.5 Å². The molecule has 1 amide bonds. The first-order valence-corrected chi connectivity index (χ1v) is 16.4. The summed E-state index contributed by atoms with van der Waals surface area (Å²) in [5.74, 6) is 1.48. The highest BCUT2D eigenvalue weighted by atomic mass is 35.5. The summed E-state index contributed by atoms with van der Waals surface area (Å²) in [6.45, 7) is 18.0. The Labute approximate surface area is 271 Å². The number of hydrogen-bond acceptors (Lipinski definition) is 7. The third kappa shape index (κ3) is 6.45. The minimum absolute atomic E-state index is 0.137. The molecule has 3 aromatic rings. The molecule has 0 bridgehead atoms. The smallest absolute Gasteiger partial charge is 0.318 e. The van der Waals surface area contributed by atoms with E-state index in [1.165, 1.54) is 25.3 Å². The second kappa shape index (κ2) is 13.6. The van der Waals surface area contributed by atoms with Crippen molar-refractivity contribution in [1.29, 1.82) is 0 Å². The number of carbonyl (C=O) groups excluding carboxylic acids is 1. The first-order valence-electron chi connectivity index (χ1n) is 16.0. The zero-order valence-corrected chi connectivity index (χ0v) is 27.0. The Balaban J connectivity index is 1.29. The van der Waals surface area contributed by atoms with E-state index in [9.17, 15) is 4.79 Å². The summed E-state index contributed by atoms with van der Waals surface area (Å²) in [4.78, 5) is 34.9. The van der Waals surface area contributed by atoms with Gasteiger partial charge in [-0.15, -0.1) is 0 Å². The largest absolute Gasteiger partial charge is 0.462 e. The van der Waals surface area contributed by atoms with Crippen molar-refractivity contribution in [2.45, 2.75) is 51.2 Å². The van der Waals surface area contributed by atoms with E-state index in [-0.39, 0.29) is 18.5 Å². The molecule has 2 fully saturated rings. The molecular formula is C35H42ClN7O2. The molecule has 2 aliphatic heterocycles. The van der Waals surface area contributed by atoms with E-state index < -0.39 is 0 Å². The van der Waals surface area contributed by atoms with Crippen molar-refractivity contribution in [2.24, 2.45) is 5.92 Å². The van der Waals surface area contributed by atoms with Gasteiger partial charge in [0.15, 0.2) is 0 Å². The van der Waals surface area contributed by atoms with Crippen LogP contribution in [0.2, 0.25) is 5.02 Å². The van der Waals surface area contributed by atoms with Crippen LogP contribution in [0.1, 0.15) is 37.4 Å². The highest BCUT2D eigenvalue weighted by molar-refractivity contribution is 6.36. The van der Waals surface area contributed by atoms with E-state index >= 15 is 0 Å². The van der Waals surface area contributed by atoms with E-state index in [4.69, 9.17) is 32.9 Å². The summed E-state index contributed by atoms with van der Waals surface area (Å²) in [7, 11) is 2.17. The number of likely N-dealkylation sites (N-methyl/N-ethyl adjacent to an activating group) is 1. The summed E-state index contributed by atoms with van der Waals surface area (Å²) in [5, 5.41) is 2.89. The molecule has 0 N–H and O–H groups in total. The lowest BCUT2D eigenvalue weighted by molar-refractivity contribution is -0.128. The van der Waals surface area contributed by atoms with Crippen molar-refractivity contribution < 1.29 is 9.53 Å². The highest BCUT2D eigenvalue weighted by Gasteiger charge is 2.35. The maximum atomic E-state index is 12.6. The number of anilines is 2. The molecule has 1 aromatic heterocycles. The van der Waals surface area contributed by atoms with Crippen LogP contribution in [0, 0.1) is 12.5 Å². The topological polar surface area (TPSA) is 69.4 Å². The molecule has 236 valence electrons. The Kier molecular flexibility index (Phi) is 9.43. The van der Waals surface area contributed by atoms with E-state index in [2.05, 4.69) is 64.4 Å². The summed E-state index contributed by atoms with van der Waals surface area (Å²) < 4.78 is 6.28. The average Bonchev–Trinajstić information content (AvgIpc) is 3.03. The zero-order chi connectivity index (χ0) is 31.5. The number of hydrogen-bond donors (Lipinski definition) is 0. The van der Waals surface area contributed by atoms with Crippen LogP contribution in [0.25, 0.3) is 15.6 Å². The second-order valence-electron chi connectivity index (χ2n) is 12.5. The lowest BCUT2D eigenvalue weighted by Crippen LogP contribution is -2.56. The molecule has 6 rings (SSSR count). The quantitative estimate of drug-likeness (QED) is 0.218. The van der Waals surface area contributed by atoms with Gasteiger partial charge in [0.25, 0.3) is 0 Å². The molecule has 45 heavy (non-hydrogen) atoms. The van der Waals surface area contributed by atoms with Crippen LogP contribution in [-0.4, -0.2) is 90.7 Å². The normalized spacial score (nSPS) is 19.2. The Hall–Kier alpha value is -3.87. The van der Waals surface area contributed by atoms with Crippen molar-refractivity contribution in [3.63, 3.8) is 0 Å². The minimum atomic E-state index is -0.240. The Morgan fingerprint density at radius 3 is 2.73 bits per heavy atom. The SMILES string of the molecule is [C-]#[N+]C[C@H]1CN(c2nc(OCCN(C)[C@@H](C)C3CCC3)nc3c2CCN(c2cccc4cccc(Cl)c24)C3)CCN1C(=O)C=C. The number of benzene rings is 2. The predicted octanol–water partition coefficient (Wildman–Crippen LogP) is 5.47. The van der Waals surface area contributed by atoms with Gasteiger partial charge in [0.05, 0.1) is 17.3 Å². The number of fused-ring (bicyclic) bond motifs is 2. The van der Waals surface area contributed by atoms with Crippen LogP contribution in [0.15, 0.2) is 49.1 Å². The number of ether oxygens (including phenoxy) is 1. The van der Waals surface area contributed by atoms with Crippen LogP contribution in [-0.2, 0) is 17.8 Å². The third-order valence-electron chi connectivity index (χ3n) is 9.94. The maximum Gasteiger partial charge on any atom is 0.318 e. The highest BCUT2D eigenvalue weighted by Crippen LogP contribution is 2.37. The molecule has 10 heteroatoms. The Bertz CT molecular complexity index is 1600.